The molecule has 0 saturated heterocycles. The Balaban J connectivity index is 1.79. The van der Waals surface area contributed by atoms with Gasteiger partial charge in [0.15, 0.2) is 0 Å². The minimum absolute atomic E-state index is 0.524. The Kier molecular flexibility index (Phi) is 3.40. The Morgan fingerprint density at radius 3 is 2.58 bits per heavy atom. The Labute approximate surface area is 112 Å². The lowest BCUT2D eigenvalue weighted by atomic mass is 9.80. The molecule has 0 unspecified atom stereocenters. The maximum Gasteiger partial charge on any atom is 0.488 e. The van der Waals surface area contributed by atoms with E-state index in [1.54, 1.807) is 12.1 Å². The standard InChI is InChI=1S/C14H17BN2O2/c18-15(19)12-7-5-11(6-8-12)9-17-10-16-13-3-1-2-4-14(13)17/h5-8,10,18-19H,1-4,9H2. The summed E-state index contributed by atoms with van der Waals surface area (Å²) in [5.74, 6) is 0. The molecule has 1 aromatic carbocycles. The molecule has 0 bridgehead atoms. The summed E-state index contributed by atoms with van der Waals surface area (Å²) in [7, 11) is -1.39. The first kappa shape index (κ1) is 12.4. The van der Waals surface area contributed by atoms with Crippen LogP contribution in [0.3, 0.4) is 0 Å². The van der Waals surface area contributed by atoms with Crippen LogP contribution in [0.1, 0.15) is 29.8 Å². The quantitative estimate of drug-likeness (QED) is 0.786. The molecule has 0 radical (unpaired) electrons. The summed E-state index contributed by atoms with van der Waals surface area (Å²) >= 11 is 0. The first-order valence-corrected chi connectivity index (χ1v) is 6.72. The molecule has 1 heterocycles. The van der Waals surface area contributed by atoms with Gasteiger partial charge < -0.3 is 14.6 Å². The van der Waals surface area contributed by atoms with Crippen LogP contribution in [0.25, 0.3) is 0 Å². The van der Waals surface area contributed by atoms with Gasteiger partial charge >= 0.3 is 7.12 Å². The second-order valence-corrected chi connectivity index (χ2v) is 5.09. The third kappa shape index (κ3) is 2.57. The number of benzene rings is 1. The van der Waals surface area contributed by atoms with Crippen molar-refractivity contribution in [1.82, 2.24) is 9.55 Å². The van der Waals surface area contributed by atoms with E-state index in [-0.39, 0.29) is 0 Å². The number of rotatable bonds is 3. The van der Waals surface area contributed by atoms with Crippen molar-refractivity contribution in [2.24, 2.45) is 0 Å². The fourth-order valence-electron chi connectivity index (χ4n) is 2.66. The summed E-state index contributed by atoms with van der Waals surface area (Å²) < 4.78 is 2.21. The molecule has 0 aliphatic heterocycles. The molecule has 0 amide bonds. The lowest BCUT2D eigenvalue weighted by molar-refractivity contribution is 0.426. The van der Waals surface area contributed by atoms with Crippen LogP contribution in [0.2, 0.25) is 0 Å². The van der Waals surface area contributed by atoms with Crippen LogP contribution in [-0.4, -0.2) is 26.7 Å². The van der Waals surface area contributed by atoms with E-state index in [1.807, 2.05) is 18.5 Å². The minimum atomic E-state index is -1.39. The van der Waals surface area contributed by atoms with E-state index < -0.39 is 7.12 Å². The highest BCUT2D eigenvalue weighted by Gasteiger charge is 2.15. The molecule has 5 heteroatoms. The van der Waals surface area contributed by atoms with Crippen molar-refractivity contribution < 1.29 is 10.0 Å². The van der Waals surface area contributed by atoms with Crippen molar-refractivity contribution in [3.63, 3.8) is 0 Å². The van der Waals surface area contributed by atoms with Gasteiger partial charge in [-0.1, -0.05) is 24.3 Å². The molecule has 0 spiro atoms. The summed E-state index contributed by atoms with van der Waals surface area (Å²) in [5.41, 5.74) is 4.28. The van der Waals surface area contributed by atoms with Gasteiger partial charge in [-0.25, -0.2) is 4.98 Å². The Morgan fingerprint density at radius 1 is 1.11 bits per heavy atom. The van der Waals surface area contributed by atoms with Gasteiger partial charge in [-0.2, -0.15) is 0 Å². The lowest BCUT2D eigenvalue weighted by Crippen LogP contribution is -2.29. The minimum Gasteiger partial charge on any atom is -0.423 e. The topological polar surface area (TPSA) is 58.3 Å². The van der Waals surface area contributed by atoms with Crippen LogP contribution in [0.15, 0.2) is 30.6 Å². The molecule has 19 heavy (non-hydrogen) atoms. The van der Waals surface area contributed by atoms with Crippen molar-refractivity contribution in [2.45, 2.75) is 32.2 Å². The maximum atomic E-state index is 9.07. The Hall–Kier alpha value is -1.59. The Morgan fingerprint density at radius 2 is 1.84 bits per heavy atom. The van der Waals surface area contributed by atoms with Crippen molar-refractivity contribution in [1.29, 1.82) is 0 Å². The number of hydrogen-bond donors (Lipinski definition) is 2. The van der Waals surface area contributed by atoms with Crippen LogP contribution in [0.4, 0.5) is 0 Å². The molecule has 1 aromatic heterocycles. The number of aromatic nitrogens is 2. The largest absolute Gasteiger partial charge is 0.488 e. The van der Waals surface area contributed by atoms with Crippen LogP contribution in [-0.2, 0) is 19.4 Å². The highest BCUT2D eigenvalue weighted by molar-refractivity contribution is 6.58. The SMILES string of the molecule is OB(O)c1ccc(Cn2cnc3c2CCCC3)cc1. The van der Waals surface area contributed by atoms with Gasteiger partial charge in [0.2, 0.25) is 0 Å². The first-order chi connectivity index (χ1) is 9.24. The van der Waals surface area contributed by atoms with Gasteiger partial charge in [0, 0.05) is 12.2 Å². The fourth-order valence-corrected chi connectivity index (χ4v) is 2.66. The number of fused-ring (bicyclic) bond motifs is 1. The number of imidazole rings is 1. The molecule has 4 nitrogen and oxygen atoms in total. The van der Waals surface area contributed by atoms with Crippen LogP contribution in [0, 0.1) is 0 Å². The maximum absolute atomic E-state index is 9.07. The average molecular weight is 256 g/mol. The van der Waals surface area contributed by atoms with Gasteiger partial charge in [-0.3, -0.25) is 0 Å². The Bertz CT molecular complexity index is 563. The molecular formula is C14H17BN2O2. The van der Waals surface area contributed by atoms with Gasteiger partial charge in [-0.05, 0) is 36.7 Å². The molecule has 0 fully saturated rings. The average Bonchev–Trinajstić information content (AvgIpc) is 2.83. The van der Waals surface area contributed by atoms with E-state index in [9.17, 15) is 0 Å². The van der Waals surface area contributed by atoms with E-state index >= 15 is 0 Å². The first-order valence-electron chi connectivity index (χ1n) is 6.72. The molecule has 3 rings (SSSR count). The molecule has 2 N–H and O–H groups in total. The second-order valence-electron chi connectivity index (χ2n) is 5.09. The van der Waals surface area contributed by atoms with Gasteiger partial charge in [0.1, 0.15) is 0 Å². The molecular weight excluding hydrogens is 239 g/mol. The van der Waals surface area contributed by atoms with Gasteiger partial charge in [-0.15, -0.1) is 0 Å². The summed E-state index contributed by atoms with van der Waals surface area (Å²) in [4.78, 5) is 4.48. The lowest BCUT2D eigenvalue weighted by Gasteiger charge is -2.14. The van der Waals surface area contributed by atoms with Crippen molar-refractivity contribution in [3.05, 3.63) is 47.5 Å². The zero-order valence-corrected chi connectivity index (χ0v) is 10.8. The third-order valence-electron chi connectivity index (χ3n) is 3.74. The zero-order chi connectivity index (χ0) is 13.2. The second kappa shape index (κ2) is 5.19. The summed E-state index contributed by atoms with van der Waals surface area (Å²) in [5, 5.41) is 18.1. The zero-order valence-electron chi connectivity index (χ0n) is 10.8. The molecule has 2 aromatic rings. The number of hydrogen-bond acceptors (Lipinski definition) is 3. The van der Waals surface area contributed by atoms with E-state index in [0.717, 1.165) is 24.9 Å². The fraction of sp³-hybridized carbons (Fsp3) is 0.357. The molecule has 1 aliphatic rings. The third-order valence-corrected chi connectivity index (χ3v) is 3.74. The van der Waals surface area contributed by atoms with Crippen LogP contribution in [0.5, 0.6) is 0 Å². The predicted octanol–water partition coefficient (Wildman–Crippen LogP) is 0.490. The summed E-state index contributed by atoms with van der Waals surface area (Å²) in [6.45, 7) is 0.796. The predicted molar refractivity (Wildman–Crippen MR) is 74.2 cm³/mol. The normalized spacial score (nSPS) is 14.2. The summed E-state index contributed by atoms with van der Waals surface area (Å²) in [6.07, 6.45) is 6.62. The van der Waals surface area contributed by atoms with Crippen molar-refractivity contribution in [3.8, 4) is 0 Å². The highest BCUT2D eigenvalue weighted by Crippen LogP contribution is 2.20. The molecule has 1 aliphatic carbocycles. The van der Waals surface area contributed by atoms with Crippen molar-refractivity contribution in [2.75, 3.05) is 0 Å². The van der Waals surface area contributed by atoms with Crippen LogP contribution >= 0.6 is 0 Å². The van der Waals surface area contributed by atoms with Crippen molar-refractivity contribution >= 4 is 12.6 Å². The van der Waals surface area contributed by atoms with E-state index in [0.29, 0.717) is 5.46 Å². The molecule has 98 valence electrons. The molecule has 0 atom stereocenters. The van der Waals surface area contributed by atoms with Gasteiger partial charge in [0.05, 0.1) is 12.0 Å². The smallest absolute Gasteiger partial charge is 0.423 e. The van der Waals surface area contributed by atoms with E-state index in [2.05, 4.69) is 9.55 Å². The number of aryl methyl sites for hydroxylation is 1. The van der Waals surface area contributed by atoms with Gasteiger partial charge in [0.25, 0.3) is 0 Å². The molecule has 0 saturated carbocycles. The van der Waals surface area contributed by atoms with E-state index in [4.69, 9.17) is 10.0 Å². The van der Waals surface area contributed by atoms with E-state index in [1.165, 1.54) is 24.2 Å². The summed E-state index contributed by atoms with van der Waals surface area (Å²) in [6, 6.07) is 7.38. The number of nitrogens with zero attached hydrogens (tertiary/aromatic N) is 2. The highest BCUT2D eigenvalue weighted by atomic mass is 16.4. The van der Waals surface area contributed by atoms with Crippen LogP contribution < -0.4 is 5.46 Å². The monoisotopic (exact) mass is 256 g/mol.